The van der Waals surface area contributed by atoms with Crippen molar-refractivity contribution in [1.82, 2.24) is 15.1 Å². The van der Waals surface area contributed by atoms with Crippen molar-refractivity contribution in [3.63, 3.8) is 0 Å². The van der Waals surface area contributed by atoms with Crippen LogP contribution in [0.4, 0.5) is 4.79 Å². The molecule has 72 heavy (non-hydrogen) atoms. The molecule has 17 nitrogen and oxygen atoms in total. The lowest BCUT2D eigenvalue weighted by atomic mass is 9.78. The van der Waals surface area contributed by atoms with Gasteiger partial charge >= 0.3 is 12.1 Å². The number of fused-ring (bicyclic) bond motifs is 3. The van der Waals surface area contributed by atoms with Gasteiger partial charge in [-0.3, -0.25) is 9.59 Å². The molecule has 1 amide bonds. The minimum atomic E-state index is -1.84. The van der Waals surface area contributed by atoms with E-state index in [1.807, 2.05) is 102 Å². The number of nitrogens with one attached hydrogen (secondary N) is 1. The molecule has 1 aliphatic carbocycles. The van der Waals surface area contributed by atoms with E-state index in [0.29, 0.717) is 13.0 Å². The molecule has 0 saturated carbocycles. The molecule has 6 rings (SSSR count). The van der Waals surface area contributed by atoms with Crippen LogP contribution in [0.5, 0.6) is 0 Å². The molecule has 2 aromatic carbocycles. The summed E-state index contributed by atoms with van der Waals surface area (Å²) in [4.78, 5) is 45.1. The van der Waals surface area contributed by atoms with E-state index in [9.17, 15) is 29.7 Å². The molecule has 0 bridgehead atoms. The van der Waals surface area contributed by atoms with Crippen LogP contribution in [0.2, 0.25) is 0 Å². The van der Waals surface area contributed by atoms with Gasteiger partial charge in [-0.2, -0.15) is 0 Å². The Bertz CT molecular complexity index is 2110. The molecule has 4 N–H and O–H groups in total. The fourth-order valence-electron chi connectivity index (χ4n) is 12.0. The van der Waals surface area contributed by atoms with E-state index < -0.39 is 108 Å². The lowest BCUT2D eigenvalue weighted by Crippen LogP contribution is -2.64. The Kier molecular flexibility index (Phi) is 18.7. The van der Waals surface area contributed by atoms with Crippen molar-refractivity contribution in [2.75, 3.05) is 41.4 Å². The average Bonchev–Trinajstić information content (AvgIpc) is 3.64. The molecule has 0 radical (unpaired) electrons. The highest BCUT2D eigenvalue weighted by atomic mass is 16.8. The number of hydrogen-bond acceptors (Lipinski definition) is 16. The SMILES string of the molecule is CC[C@H]1OC(=O)[C@H](C)[C@@H](O[C@H]2C[C@@](C)(OC)[C@@H](NC(C)=O)[C@H](C)O2)[C@H](C)[C@@H](O[C@@H]2O[C@H](C)C[C@H](N(C)C)[C@H]2OC(=O)OCC2c3ccccc3-c3ccccc32)[C@](C)(O)C[C@@H](C)N(C)C[C@H](C)[C@@H](O)[C@]1(C)O. The average molecular weight is 1010 g/mol. The van der Waals surface area contributed by atoms with Gasteiger partial charge in [0.25, 0.3) is 0 Å². The van der Waals surface area contributed by atoms with E-state index >= 15 is 0 Å². The van der Waals surface area contributed by atoms with Crippen molar-refractivity contribution in [3.05, 3.63) is 59.7 Å². The third-order valence-corrected chi connectivity index (χ3v) is 16.2. The first kappa shape index (κ1) is 57.5. The lowest BCUT2D eigenvalue weighted by molar-refractivity contribution is -0.312. The van der Waals surface area contributed by atoms with Crippen molar-refractivity contribution >= 4 is 18.0 Å². The fourth-order valence-corrected chi connectivity index (χ4v) is 12.0. The van der Waals surface area contributed by atoms with Crippen LogP contribution in [0.3, 0.4) is 0 Å². The third kappa shape index (κ3) is 12.5. The Morgan fingerprint density at radius 1 is 0.903 bits per heavy atom. The maximum absolute atomic E-state index is 14.7. The summed E-state index contributed by atoms with van der Waals surface area (Å²) in [5.41, 5.74) is -0.233. The van der Waals surface area contributed by atoms with Gasteiger partial charge in [-0.15, -0.1) is 0 Å². The molecule has 404 valence electrons. The number of ether oxygens (including phenoxy) is 8. The van der Waals surface area contributed by atoms with E-state index in [0.717, 1.165) is 22.3 Å². The lowest BCUT2D eigenvalue weighted by Gasteiger charge is -2.50. The largest absolute Gasteiger partial charge is 0.508 e. The van der Waals surface area contributed by atoms with Crippen LogP contribution in [0.1, 0.15) is 119 Å². The van der Waals surface area contributed by atoms with Crippen LogP contribution in [-0.2, 0) is 47.5 Å². The first-order valence-corrected chi connectivity index (χ1v) is 25.9. The number of carbonyl (C=O) groups is 3. The molecule has 4 aliphatic rings. The number of aliphatic hydroxyl groups is 3. The number of carbonyl (C=O) groups excluding carboxylic acids is 3. The van der Waals surface area contributed by atoms with Crippen molar-refractivity contribution in [2.24, 2.45) is 17.8 Å². The minimum absolute atomic E-state index is 0.0290. The number of likely N-dealkylation sites (N-methyl/N-ethyl adjacent to an activating group) is 1. The van der Waals surface area contributed by atoms with Gasteiger partial charge < -0.3 is 68.3 Å². The highest BCUT2D eigenvalue weighted by Crippen LogP contribution is 2.45. The summed E-state index contributed by atoms with van der Waals surface area (Å²) in [5, 5.41) is 39.7. The molecule has 0 unspecified atom stereocenters. The van der Waals surface area contributed by atoms with Gasteiger partial charge in [0.2, 0.25) is 5.91 Å². The summed E-state index contributed by atoms with van der Waals surface area (Å²) in [6.07, 6.45) is -9.02. The second-order valence-electron chi connectivity index (χ2n) is 22.3. The van der Waals surface area contributed by atoms with Gasteiger partial charge in [-0.1, -0.05) is 69.3 Å². The fraction of sp³-hybridized carbons (Fsp3) is 0.727. The number of nitrogens with zero attached hydrogens (tertiary/aromatic N) is 2. The van der Waals surface area contributed by atoms with E-state index in [2.05, 4.69) is 17.4 Å². The van der Waals surface area contributed by atoms with Gasteiger partial charge in [0.15, 0.2) is 18.7 Å². The third-order valence-electron chi connectivity index (χ3n) is 16.2. The number of aliphatic hydroxyl groups excluding tert-OH is 1. The van der Waals surface area contributed by atoms with Gasteiger partial charge in [0.1, 0.15) is 18.3 Å². The predicted octanol–water partition coefficient (Wildman–Crippen LogP) is 6.02. The topological polar surface area (TPSA) is 204 Å². The summed E-state index contributed by atoms with van der Waals surface area (Å²) in [5.74, 6) is -3.65. The summed E-state index contributed by atoms with van der Waals surface area (Å²) >= 11 is 0. The van der Waals surface area contributed by atoms with E-state index in [1.54, 1.807) is 34.8 Å². The zero-order valence-corrected chi connectivity index (χ0v) is 45.3. The zero-order chi connectivity index (χ0) is 53.2. The van der Waals surface area contributed by atoms with Gasteiger partial charge in [-0.25, -0.2) is 4.79 Å². The van der Waals surface area contributed by atoms with Gasteiger partial charge in [0.05, 0.1) is 59.7 Å². The predicted molar refractivity (Wildman–Crippen MR) is 270 cm³/mol. The molecular formula is C55H85N3O14. The number of amides is 1. The minimum Gasteiger partial charge on any atom is -0.459 e. The Morgan fingerprint density at radius 3 is 2.08 bits per heavy atom. The first-order chi connectivity index (χ1) is 33.7. The summed E-state index contributed by atoms with van der Waals surface area (Å²) in [6, 6.07) is 14.9. The molecule has 17 heteroatoms. The standard InChI is InChI=1S/C55H85N3O14/c1-16-43-55(11,64)48(60)30(2)28-58(14)31(3)26-53(9,63)49(33(5)45(34(6)50(61)69-43)70-44-27-54(10,65-15)47(35(7)68-44)56-36(8)59)72-51-46(42(57(12)13)25-32(4)67-51)71-52(62)66-29-41-39-23-19-17-21-37(39)38-22-18-20-24-40(38)41/h17-24,30-35,41-49,51,60,63-64H,16,25-29H2,1-15H3,(H,56,59)/t30-,31+,32+,33-,34+,35-,42-,43+,44-,45-,46+,47-,48+,49+,51-,53+,54+,55+/m0/s1. The normalized spacial score (nSPS) is 39.5. The van der Waals surface area contributed by atoms with Crippen LogP contribution in [-0.4, -0.2) is 175 Å². The number of cyclic esters (lactones) is 1. The molecule has 3 saturated heterocycles. The number of esters is 1. The van der Waals surface area contributed by atoms with Crippen LogP contribution in [0.15, 0.2) is 48.5 Å². The summed E-state index contributed by atoms with van der Waals surface area (Å²) in [7, 11) is 7.21. The summed E-state index contributed by atoms with van der Waals surface area (Å²) < 4.78 is 51.7. The first-order valence-electron chi connectivity index (χ1n) is 25.9. The molecule has 0 aromatic heterocycles. The molecule has 2 aromatic rings. The monoisotopic (exact) mass is 1010 g/mol. The Labute approximate surface area is 427 Å². The molecule has 0 spiro atoms. The zero-order valence-electron chi connectivity index (χ0n) is 45.3. The number of benzene rings is 2. The number of rotatable bonds is 11. The van der Waals surface area contributed by atoms with Crippen molar-refractivity contribution in [1.29, 1.82) is 0 Å². The van der Waals surface area contributed by atoms with Gasteiger partial charge in [-0.05, 0) is 117 Å². The molecule has 3 fully saturated rings. The van der Waals surface area contributed by atoms with Crippen LogP contribution >= 0.6 is 0 Å². The molecular weight excluding hydrogens is 927 g/mol. The van der Waals surface area contributed by atoms with Crippen LogP contribution in [0, 0.1) is 17.8 Å². The molecule has 3 heterocycles. The Balaban J connectivity index is 1.39. The number of methoxy groups -OCH3 is 1. The highest BCUT2D eigenvalue weighted by Gasteiger charge is 2.54. The van der Waals surface area contributed by atoms with Crippen LogP contribution in [0.25, 0.3) is 11.1 Å². The highest BCUT2D eigenvalue weighted by molar-refractivity contribution is 5.79. The number of hydrogen-bond donors (Lipinski definition) is 4. The Morgan fingerprint density at radius 2 is 1.51 bits per heavy atom. The van der Waals surface area contributed by atoms with E-state index in [-0.39, 0.29) is 49.8 Å². The Hall–Kier alpha value is -3.75. The molecule has 3 aliphatic heterocycles. The summed E-state index contributed by atoms with van der Waals surface area (Å²) in [6.45, 7) is 19.5. The second-order valence-corrected chi connectivity index (χ2v) is 22.3. The van der Waals surface area contributed by atoms with Crippen molar-refractivity contribution in [3.8, 4) is 11.1 Å². The van der Waals surface area contributed by atoms with E-state index in [4.69, 9.17) is 37.9 Å². The quantitative estimate of drug-likeness (QED) is 0.190. The van der Waals surface area contributed by atoms with Crippen LogP contribution < -0.4 is 5.32 Å². The van der Waals surface area contributed by atoms with Crippen molar-refractivity contribution in [2.45, 2.75) is 198 Å². The van der Waals surface area contributed by atoms with Gasteiger partial charge in [0, 0.05) is 44.9 Å². The maximum atomic E-state index is 14.7. The van der Waals surface area contributed by atoms with Crippen molar-refractivity contribution < 1.29 is 67.6 Å². The maximum Gasteiger partial charge on any atom is 0.508 e. The molecule has 18 atom stereocenters. The van der Waals surface area contributed by atoms with E-state index in [1.165, 1.54) is 13.8 Å². The second kappa shape index (κ2) is 23.4. The smallest absolute Gasteiger partial charge is 0.459 e.